The molecule has 0 fully saturated rings. The zero-order chi connectivity index (χ0) is 16.2. The quantitative estimate of drug-likeness (QED) is 0.610. The summed E-state index contributed by atoms with van der Waals surface area (Å²) in [6.07, 6.45) is 3.39. The molecule has 0 aliphatic rings. The van der Waals surface area contributed by atoms with E-state index in [0.29, 0.717) is 12.8 Å². The van der Waals surface area contributed by atoms with Crippen LogP contribution < -0.4 is 0 Å². The molecule has 0 aromatic carbocycles. The first-order valence-corrected chi connectivity index (χ1v) is 10.5. The second-order valence-electron chi connectivity index (χ2n) is 6.24. The van der Waals surface area contributed by atoms with E-state index in [1.165, 1.54) is 6.26 Å². The van der Waals surface area contributed by atoms with Crippen molar-refractivity contribution in [2.24, 2.45) is 0 Å². The lowest BCUT2D eigenvalue weighted by Crippen LogP contribution is -2.58. The van der Waals surface area contributed by atoms with E-state index in [1.54, 1.807) is 14.0 Å². The Kier molecular flexibility index (Phi) is 6.93. The fraction of sp³-hybridized carbons (Fsp3) is 1.00. The van der Waals surface area contributed by atoms with Crippen LogP contribution in [0.25, 0.3) is 0 Å². The molecule has 3 unspecified atom stereocenters. The number of rotatable bonds is 9. The Morgan fingerprint density at radius 1 is 1.00 bits per heavy atom. The number of hydrogen-bond acceptors (Lipinski definition) is 4. The first-order valence-electron chi connectivity index (χ1n) is 7.34. The van der Waals surface area contributed by atoms with Crippen LogP contribution in [0.15, 0.2) is 0 Å². The first-order chi connectivity index (χ1) is 8.95. The van der Waals surface area contributed by atoms with Crippen molar-refractivity contribution >= 4 is 19.6 Å². The maximum atomic E-state index is 12.3. The summed E-state index contributed by atoms with van der Waals surface area (Å²) in [7, 11) is -2.54. The molecule has 0 N–H and O–H groups in total. The summed E-state index contributed by atoms with van der Waals surface area (Å²) >= 11 is 0. The Morgan fingerprint density at radius 2 is 1.50 bits per heavy atom. The fourth-order valence-electron chi connectivity index (χ4n) is 2.27. The van der Waals surface area contributed by atoms with Gasteiger partial charge in [-0.25, -0.2) is 8.42 Å². The van der Waals surface area contributed by atoms with Gasteiger partial charge in [-0.3, -0.25) is 0 Å². The second kappa shape index (κ2) is 6.90. The van der Waals surface area contributed by atoms with Crippen LogP contribution in [0.5, 0.6) is 0 Å². The van der Waals surface area contributed by atoms with Gasteiger partial charge in [0.2, 0.25) is 0 Å². The predicted octanol–water partition coefficient (Wildman–Crippen LogP) is 2.24. The average molecular weight is 325 g/mol. The molecule has 20 heavy (non-hydrogen) atoms. The number of hydrogen-bond donors (Lipinski definition) is 0. The zero-order valence-corrected chi connectivity index (χ0v) is 16.6. The van der Waals surface area contributed by atoms with Gasteiger partial charge in [0.15, 0.2) is 19.6 Å². The summed E-state index contributed by atoms with van der Waals surface area (Å²) in [4.78, 5) is 0. The van der Waals surface area contributed by atoms with Crippen LogP contribution in [-0.4, -0.2) is 47.1 Å². The van der Waals surface area contributed by atoms with Gasteiger partial charge in [0.1, 0.15) is 0 Å². The smallest absolute Gasteiger partial charge is 0.194 e. The van der Waals surface area contributed by atoms with Gasteiger partial charge >= 0.3 is 0 Å². The lowest BCUT2D eigenvalue weighted by Gasteiger charge is -2.46. The third-order valence-electron chi connectivity index (χ3n) is 5.22. The minimum absolute atomic E-state index is 0.247. The summed E-state index contributed by atoms with van der Waals surface area (Å²) in [6.45, 7) is 11.7. The van der Waals surface area contributed by atoms with E-state index in [9.17, 15) is 8.42 Å². The van der Waals surface area contributed by atoms with Gasteiger partial charge in [-0.15, -0.1) is 0 Å². The number of ether oxygens (including phenoxy) is 1. The average Bonchev–Trinajstić information content (AvgIpc) is 2.41. The fourth-order valence-corrected chi connectivity index (χ4v) is 5.36. The van der Waals surface area contributed by atoms with E-state index < -0.39 is 29.9 Å². The molecule has 0 aromatic rings. The summed E-state index contributed by atoms with van der Waals surface area (Å²) in [5, 5.41) is -0.247. The van der Waals surface area contributed by atoms with Gasteiger partial charge in [-0.2, -0.15) is 0 Å². The zero-order valence-electron chi connectivity index (χ0n) is 14.4. The molecule has 0 bridgehead atoms. The topological polar surface area (TPSA) is 52.6 Å². The highest BCUT2D eigenvalue weighted by Crippen LogP contribution is 2.39. The van der Waals surface area contributed by atoms with Crippen LogP contribution in [0.2, 0.25) is 0 Å². The molecule has 0 aromatic heterocycles. The monoisotopic (exact) mass is 324 g/mol. The molecule has 0 saturated heterocycles. The Morgan fingerprint density at radius 3 is 1.75 bits per heavy atom. The molecule has 3 atom stereocenters. The van der Waals surface area contributed by atoms with Crippen molar-refractivity contribution in [3.05, 3.63) is 0 Å². The van der Waals surface area contributed by atoms with Crippen LogP contribution in [0, 0.1) is 0 Å². The van der Waals surface area contributed by atoms with Crippen molar-refractivity contribution in [1.29, 1.82) is 0 Å². The Labute approximate surface area is 127 Å². The van der Waals surface area contributed by atoms with Gasteiger partial charge in [0.25, 0.3) is 0 Å². The SMILES string of the molecule is CCC(C)(OC)[SiH2]OC(C)(CC)C(C)(CC)S(C)(=O)=O. The highest BCUT2D eigenvalue weighted by atomic mass is 32.2. The highest BCUT2D eigenvalue weighted by Gasteiger charge is 2.51. The van der Waals surface area contributed by atoms with Crippen molar-refractivity contribution < 1.29 is 17.6 Å². The molecule has 0 rings (SSSR count). The molecule has 0 amide bonds. The molecule has 0 heterocycles. The maximum absolute atomic E-state index is 12.3. The van der Waals surface area contributed by atoms with Crippen molar-refractivity contribution in [2.45, 2.75) is 76.4 Å². The lowest BCUT2D eigenvalue weighted by molar-refractivity contribution is 0.00559. The summed E-state index contributed by atoms with van der Waals surface area (Å²) < 4.78 is 35.4. The largest absolute Gasteiger partial charge is 0.414 e. The van der Waals surface area contributed by atoms with E-state index in [2.05, 4.69) is 6.92 Å². The molecule has 6 heteroatoms. The van der Waals surface area contributed by atoms with Crippen LogP contribution in [0.4, 0.5) is 0 Å². The minimum Gasteiger partial charge on any atom is -0.414 e. The van der Waals surface area contributed by atoms with E-state index in [1.807, 2.05) is 27.7 Å². The summed E-state index contributed by atoms with van der Waals surface area (Å²) in [6, 6.07) is 0. The molecule has 0 spiro atoms. The van der Waals surface area contributed by atoms with E-state index in [-0.39, 0.29) is 5.22 Å². The molecule has 0 saturated carbocycles. The van der Waals surface area contributed by atoms with Crippen molar-refractivity contribution in [2.75, 3.05) is 13.4 Å². The van der Waals surface area contributed by atoms with E-state index in [0.717, 1.165) is 6.42 Å². The van der Waals surface area contributed by atoms with Crippen LogP contribution in [0.3, 0.4) is 0 Å². The Balaban J connectivity index is 5.41. The van der Waals surface area contributed by atoms with Crippen molar-refractivity contribution in [3.8, 4) is 0 Å². The van der Waals surface area contributed by atoms with E-state index in [4.69, 9.17) is 9.16 Å². The molecule has 122 valence electrons. The second-order valence-corrected chi connectivity index (χ2v) is 10.8. The first kappa shape index (κ1) is 20.1. The minimum atomic E-state index is -3.21. The molecular formula is C14H32O4SSi. The third-order valence-corrected chi connectivity index (χ3v) is 9.76. The summed E-state index contributed by atoms with van der Waals surface area (Å²) in [5.41, 5.74) is -0.670. The van der Waals surface area contributed by atoms with Crippen LogP contribution >= 0.6 is 0 Å². The third kappa shape index (κ3) is 3.84. The van der Waals surface area contributed by atoms with Crippen LogP contribution in [-0.2, 0) is 19.0 Å². The highest BCUT2D eigenvalue weighted by molar-refractivity contribution is 7.92. The maximum Gasteiger partial charge on any atom is 0.194 e. The molecular weight excluding hydrogens is 292 g/mol. The molecule has 0 radical (unpaired) electrons. The standard InChI is InChI=1S/C14H32O4SSi/c1-9-12(4,13(5,10-2)19(8,15)16)18-20-14(6,11-3)17-7/h9-11,20H2,1-8H3. The van der Waals surface area contributed by atoms with Crippen molar-refractivity contribution in [1.82, 2.24) is 0 Å². The summed E-state index contributed by atoms with van der Waals surface area (Å²) in [5.74, 6) is 0. The van der Waals surface area contributed by atoms with Crippen molar-refractivity contribution in [3.63, 3.8) is 0 Å². The molecule has 0 aliphatic heterocycles. The van der Waals surface area contributed by atoms with Crippen LogP contribution in [0.1, 0.15) is 60.8 Å². The molecule has 0 aliphatic carbocycles. The number of methoxy groups -OCH3 is 1. The lowest BCUT2D eigenvalue weighted by atomic mass is 9.85. The van der Waals surface area contributed by atoms with E-state index >= 15 is 0 Å². The Bertz CT molecular complexity index is 405. The number of sulfone groups is 1. The van der Waals surface area contributed by atoms with Gasteiger partial charge in [-0.05, 0) is 40.0 Å². The normalized spacial score (nSPS) is 22.4. The van der Waals surface area contributed by atoms with Gasteiger partial charge < -0.3 is 9.16 Å². The Hall–Kier alpha value is 0.0869. The van der Waals surface area contributed by atoms with Gasteiger partial charge in [0.05, 0.1) is 15.6 Å². The van der Waals surface area contributed by atoms with Gasteiger partial charge in [0, 0.05) is 13.4 Å². The molecule has 4 nitrogen and oxygen atoms in total. The van der Waals surface area contributed by atoms with Gasteiger partial charge in [-0.1, -0.05) is 20.8 Å². The predicted molar refractivity (Wildman–Crippen MR) is 87.6 cm³/mol.